The maximum Gasteiger partial charge on any atom is 0.420 e. The van der Waals surface area contributed by atoms with Crippen molar-refractivity contribution in [2.75, 3.05) is 11.5 Å². The maximum atomic E-state index is 13.6. The fraction of sp³-hybridized carbons (Fsp3) is 0.130. The van der Waals surface area contributed by atoms with Gasteiger partial charge < -0.3 is 20.9 Å². The Balaban J connectivity index is 1.89. The normalized spacial score (nSPS) is 11.7. The lowest BCUT2D eigenvalue weighted by molar-refractivity contribution is -0.138. The number of carbonyl (C=O) groups excluding carboxylic acids is 2. The molecule has 0 atom stereocenters. The van der Waals surface area contributed by atoms with Gasteiger partial charge in [0.2, 0.25) is 0 Å². The van der Waals surface area contributed by atoms with Crippen LogP contribution in [-0.4, -0.2) is 11.9 Å². The number of esters is 2. The summed E-state index contributed by atoms with van der Waals surface area (Å²) in [6.07, 6.45) is -9.96. The maximum absolute atomic E-state index is 13.6. The van der Waals surface area contributed by atoms with Gasteiger partial charge in [0.1, 0.15) is 17.1 Å². The highest BCUT2D eigenvalue weighted by molar-refractivity contribution is 5.93. The largest absolute Gasteiger partial charge is 0.423 e. The summed E-state index contributed by atoms with van der Waals surface area (Å²) in [4.78, 5) is 24.6. The fourth-order valence-electron chi connectivity index (χ4n) is 2.94. The van der Waals surface area contributed by atoms with Gasteiger partial charge in [-0.15, -0.1) is 0 Å². The number of carbonyl (C=O) groups is 2. The summed E-state index contributed by atoms with van der Waals surface area (Å²) in [7, 11) is 0. The van der Waals surface area contributed by atoms with Crippen LogP contribution in [-0.2, 0) is 12.4 Å². The van der Waals surface area contributed by atoms with Crippen molar-refractivity contribution in [1.29, 1.82) is 0 Å². The Hall–Kier alpha value is -4.22. The highest BCUT2D eigenvalue weighted by Crippen LogP contribution is 2.39. The van der Waals surface area contributed by atoms with Crippen LogP contribution in [0.3, 0.4) is 0 Å². The van der Waals surface area contributed by atoms with Crippen LogP contribution in [0.1, 0.15) is 37.4 Å². The van der Waals surface area contributed by atoms with Crippen LogP contribution in [0.25, 0.3) is 0 Å². The highest BCUT2D eigenvalue weighted by atomic mass is 19.4. The van der Waals surface area contributed by atoms with E-state index in [0.717, 1.165) is 18.2 Å². The van der Waals surface area contributed by atoms with Crippen molar-refractivity contribution < 1.29 is 45.4 Å². The molecule has 0 heterocycles. The zero-order valence-corrected chi connectivity index (χ0v) is 17.8. The topological polar surface area (TPSA) is 105 Å². The number of nitrogens with two attached hydrogens (primary N) is 2. The van der Waals surface area contributed by atoms with Gasteiger partial charge >= 0.3 is 24.3 Å². The Labute approximate surface area is 194 Å². The number of ether oxygens (including phenoxy) is 2. The molecule has 0 aromatic heterocycles. The second kappa shape index (κ2) is 9.20. The Morgan fingerprint density at radius 1 is 0.686 bits per heavy atom. The van der Waals surface area contributed by atoms with Gasteiger partial charge in [0.05, 0.1) is 16.7 Å². The van der Waals surface area contributed by atoms with Crippen molar-refractivity contribution in [3.8, 4) is 11.5 Å². The number of nitrogen functional groups attached to an aromatic ring is 2. The van der Waals surface area contributed by atoms with E-state index in [-0.39, 0.29) is 5.56 Å². The molecule has 35 heavy (non-hydrogen) atoms. The predicted octanol–water partition coefficient (Wildman–Crippen LogP) is 5.64. The SMILES string of the molecule is Cc1cc(C(=O)Oc2ccc(OC(=O)c3ccc(N)c(C(F)(F)F)c3)c(C(F)(F)F)c2)ccc1N. The molecule has 0 radical (unpaired) electrons. The Morgan fingerprint density at radius 3 is 1.80 bits per heavy atom. The van der Waals surface area contributed by atoms with Crippen molar-refractivity contribution >= 4 is 23.3 Å². The van der Waals surface area contributed by atoms with Gasteiger partial charge in [0, 0.05) is 11.4 Å². The lowest BCUT2D eigenvalue weighted by Gasteiger charge is -2.15. The minimum absolute atomic E-state index is 0.0320. The molecule has 12 heteroatoms. The molecule has 6 nitrogen and oxygen atoms in total. The number of halogens is 6. The number of anilines is 2. The summed E-state index contributed by atoms with van der Waals surface area (Å²) >= 11 is 0. The van der Waals surface area contributed by atoms with Gasteiger partial charge in [-0.1, -0.05) is 0 Å². The molecular weight excluding hydrogens is 482 g/mol. The van der Waals surface area contributed by atoms with Crippen LogP contribution < -0.4 is 20.9 Å². The first-order valence-electron chi connectivity index (χ1n) is 9.65. The summed E-state index contributed by atoms with van der Waals surface area (Å²) < 4.78 is 89.6. The van der Waals surface area contributed by atoms with E-state index in [1.807, 2.05) is 0 Å². The van der Waals surface area contributed by atoms with Crippen molar-refractivity contribution in [3.05, 3.63) is 82.4 Å². The molecule has 0 fully saturated rings. The molecule has 3 aromatic carbocycles. The predicted molar refractivity (Wildman–Crippen MR) is 113 cm³/mol. The van der Waals surface area contributed by atoms with E-state index < -0.39 is 58.2 Å². The third-order valence-electron chi connectivity index (χ3n) is 4.77. The van der Waals surface area contributed by atoms with Crippen LogP contribution in [0, 0.1) is 6.92 Å². The number of hydrogen-bond acceptors (Lipinski definition) is 6. The van der Waals surface area contributed by atoms with E-state index in [9.17, 15) is 35.9 Å². The zero-order valence-electron chi connectivity index (χ0n) is 17.8. The van der Waals surface area contributed by atoms with E-state index in [2.05, 4.69) is 0 Å². The fourth-order valence-corrected chi connectivity index (χ4v) is 2.94. The number of aryl methyl sites for hydroxylation is 1. The van der Waals surface area contributed by atoms with E-state index in [1.54, 1.807) is 6.92 Å². The molecule has 0 aliphatic carbocycles. The number of benzene rings is 3. The lowest BCUT2D eigenvalue weighted by Crippen LogP contribution is -2.16. The quantitative estimate of drug-likeness (QED) is 0.209. The number of alkyl halides is 6. The van der Waals surface area contributed by atoms with Crippen LogP contribution >= 0.6 is 0 Å². The third kappa shape index (κ3) is 5.83. The van der Waals surface area contributed by atoms with Crippen LogP contribution in [0.4, 0.5) is 37.7 Å². The van der Waals surface area contributed by atoms with Gasteiger partial charge in [0.15, 0.2) is 0 Å². The Kier molecular flexibility index (Phi) is 6.68. The van der Waals surface area contributed by atoms with Gasteiger partial charge in [-0.2, -0.15) is 26.3 Å². The molecule has 0 spiro atoms. The molecule has 0 saturated heterocycles. The molecular formula is C23H16F6N2O4. The standard InChI is InChI=1S/C23H16F6N2O4/c1-11-8-12(2-5-17(11)30)20(32)34-14-4-7-19(16(10-14)23(27,28)29)35-21(33)13-3-6-18(31)15(9-13)22(24,25)26/h2-10H,30-31H2,1H3. The summed E-state index contributed by atoms with van der Waals surface area (Å²) in [5, 5.41) is 0. The first kappa shape index (κ1) is 25.4. The summed E-state index contributed by atoms with van der Waals surface area (Å²) in [6, 6.07) is 8.25. The molecule has 0 amide bonds. The molecule has 0 aliphatic rings. The second-order valence-corrected chi connectivity index (χ2v) is 7.31. The molecule has 0 aliphatic heterocycles. The second-order valence-electron chi connectivity index (χ2n) is 7.31. The molecule has 4 N–H and O–H groups in total. The van der Waals surface area contributed by atoms with Gasteiger partial charge in [0.25, 0.3) is 0 Å². The average Bonchev–Trinajstić information content (AvgIpc) is 2.75. The van der Waals surface area contributed by atoms with E-state index in [1.165, 1.54) is 18.2 Å². The summed E-state index contributed by atoms with van der Waals surface area (Å²) in [5.74, 6) is -3.96. The number of hydrogen-bond donors (Lipinski definition) is 2. The summed E-state index contributed by atoms with van der Waals surface area (Å²) in [6.45, 7) is 1.62. The first-order chi connectivity index (χ1) is 16.2. The van der Waals surface area contributed by atoms with E-state index in [0.29, 0.717) is 29.4 Å². The summed E-state index contributed by atoms with van der Waals surface area (Å²) in [5.41, 5.74) is 7.72. The monoisotopic (exact) mass is 498 g/mol. The molecule has 0 unspecified atom stereocenters. The van der Waals surface area contributed by atoms with Gasteiger partial charge in [-0.05, 0) is 67.1 Å². The number of rotatable bonds is 4. The van der Waals surface area contributed by atoms with E-state index in [4.69, 9.17) is 20.9 Å². The van der Waals surface area contributed by atoms with Crippen LogP contribution in [0.2, 0.25) is 0 Å². The molecule has 0 saturated carbocycles. The van der Waals surface area contributed by atoms with Crippen molar-refractivity contribution in [1.82, 2.24) is 0 Å². The van der Waals surface area contributed by atoms with Crippen LogP contribution in [0.15, 0.2) is 54.6 Å². The smallest absolute Gasteiger partial charge is 0.420 e. The minimum atomic E-state index is -5.06. The Bertz CT molecular complexity index is 1300. The zero-order chi connectivity index (χ0) is 26.1. The van der Waals surface area contributed by atoms with Crippen molar-refractivity contribution in [2.45, 2.75) is 19.3 Å². The third-order valence-corrected chi connectivity index (χ3v) is 4.77. The molecule has 0 bridgehead atoms. The molecule has 3 aromatic rings. The van der Waals surface area contributed by atoms with Crippen molar-refractivity contribution in [2.24, 2.45) is 0 Å². The van der Waals surface area contributed by atoms with Crippen molar-refractivity contribution in [3.63, 3.8) is 0 Å². The van der Waals surface area contributed by atoms with Gasteiger partial charge in [-0.25, -0.2) is 9.59 Å². The Morgan fingerprint density at radius 2 is 1.23 bits per heavy atom. The van der Waals surface area contributed by atoms with E-state index >= 15 is 0 Å². The van der Waals surface area contributed by atoms with Crippen LogP contribution in [0.5, 0.6) is 11.5 Å². The molecule has 184 valence electrons. The highest BCUT2D eigenvalue weighted by Gasteiger charge is 2.37. The average molecular weight is 498 g/mol. The first-order valence-corrected chi connectivity index (χ1v) is 9.65. The van der Waals surface area contributed by atoms with Gasteiger partial charge in [-0.3, -0.25) is 0 Å². The lowest BCUT2D eigenvalue weighted by atomic mass is 10.1. The molecule has 3 rings (SSSR count). The minimum Gasteiger partial charge on any atom is -0.423 e.